The molecule has 18 heavy (non-hydrogen) atoms. The van der Waals surface area contributed by atoms with Crippen molar-refractivity contribution in [2.24, 2.45) is 5.73 Å². The van der Waals surface area contributed by atoms with Crippen LogP contribution in [-0.2, 0) is 10.0 Å². The van der Waals surface area contributed by atoms with E-state index in [0.717, 1.165) is 6.07 Å². The van der Waals surface area contributed by atoms with Gasteiger partial charge in [-0.2, -0.15) is 0 Å². The Labute approximate surface area is 106 Å². The molecule has 0 amide bonds. The predicted molar refractivity (Wildman–Crippen MR) is 66.4 cm³/mol. The number of nitrogens with two attached hydrogens (primary N) is 1. The fourth-order valence-corrected chi connectivity index (χ4v) is 2.71. The van der Waals surface area contributed by atoms with Gasteiger partial charge in [-0.25, -0.2) is 17.5 Å². The van der Waals surface area contributed by atoms with E-state index < -0.39 is 21.4 Å². The highest BCUT2D eigenvalue weighted by Gasteiger charge is 2.25. The van der Waals surface area contributed by atoms with E-state index >= 15 is 0 Å². The van der Waals surface area contributed by atoms with Gasteiger partial charge in [0, 0.05) is 12.1 Å². The molecular formula is C11H17FN2O3S. The Morgan fingerprint density at radius 2 is 2.06 bits per heavy atom. The maximum absolute atomic E-state index is 13.5. The van der Waals surface area contributed by atoms with E-state index in [0.29, 0.717) is 0 Å². The lowest BCUT2D eigenvalue weighted by Crippen LogP contribution is -2.48. The van der Waals surface area contributed by atoms with Crippen LogP contribution in [-0.4, -0.2) is 27.6 Å². The second kappa shape index (κ2) is 5.21. The van der Waals surface area contributed by atoms with Crippen molar-refractivity contribution in [3.05, 3.63) is 24.0 Å². The number of nitrogens with one attached hydrogen (secondary N) is 1. The van der Waals surface area contributed by atoms with Crippen LogP contribution in [0.25, 0.3) is 0 Å². The van der Waals surface area contributed by atoms with Gasteiger partial charge >= 0.3 is 0 Å². The van der Waals surface area contributed by atoms with Crippen molar-refractivity contribution in [2.75, 3.05) is 13.7 Å². The van der Waals surface area contributed by atoms with Crippen LogP contribution in [0, 0.1) is 5.82 Å². The molecular weight excluding hydrogens is 259 g/mol. The Balaban J connectivity index is 3.10. The summed E-state index contributed by atoms with van der Waals surface area (Å²) in [6, 6.07) is 3.45. The molecule has 1 aromatic rings. The fraction of sp³-hybridized carbons (Fsp3) is 0.455. The van der Waals surface area contributed by atoms with Gasteiger partial charge in [0.1, 0.15) is 0 Å². The third-order valence-electron chi connectivity index (χ3n) is 2.35. The number of hydrogen-bond donors (Lipinski definition) is 2. The third-order valence-corrected chi connectivity index (χ3v) is 4.05. The number of sulfonamides is 1. The average Bonchev–Trinajstić information content (AvgIpc) is 2.27. The van der Waals surface area contributed by atoms with Gasteiger partial charge in [-0.15, -0.1) is 0 Å². The van der Waals surface area contributed by atoms with Crippen LogP contribution >= 0.6 is 0 Å². The highest BCUT2D eigenvalue weighted by atomic mass is 32.2. The van der Waals surface area contributed by atoms with Gasteiger partial charge in [0.05, 0.1) is 12.0 Å². The Morgan fingerprint density at radius 1 is 1.44 bits per heavy atom. The Bertz CT molecular complexity index is 529. The number of methoxy groups -OCH3 is 1. The van der Waals surface area contributed by atoms with Gasteiger partial charge in [0.15, 0.2) is 11.6 Å². The Kier molecular flexibility index (Phi) is 4.31. The maximum Gasteiger partial charge on any atom is 0.241 e. The second-order valence-electron chi connectivity index (χ2n) is 4.49. The minimum Gasteiger partial charge on any atom is -0.494 e. The van der Waals surface area contributed by atoms with Crippen molar-refractivity contribution in [1.82, 2.24) is 4.72 Å². The molecule has 0 fully saturated rings. The minimum atomic E-state index is -3.80. The van der Waals surface area contributed by atoms with Crippen LogP contribution in [0.3, 0.4) is 0 Å². The van der Waals surface area contributed by atoms with Gasteiger partial charge in [-0.3, -0.25) is 0 Å². The Morgan fingerprint density at radius 3 is 2.50 bits per heavy atom. The van der Waals surface area contributed by atoms with E-state index in [9.17, 15) is 12.8 Å². The van der Waals surface area contributed by atoms with E-state index in [-0.39, 0.29) is 17.2 Å². The molecule has 0 heterocycles. The topological polar surface area (TPSA) is 81.4 Å². The van der Waals surface area contributed by atoms with E-state index in [4.69, 9.17) is 10.5 Å². The summed E-state index contributed by atoms with van der Waals surface area (Å²) in [5, 5.41) is 0. The summed E-state index contributed by atoms with van der Waals surface area (Å²) in [5.74, 6) is -0.738. The quantitative estimate of drug-likeness (QED) is 0.835. The van der Waals surface area contributed by atoms with Gasteiger partial charge in [-0.05, 0) is 32.0 Å². The lowest BCUT2D eigenvalue weighted by Gasteiger charge is -2.23. The lowest BCUT2D eigenvalue weighted by molar-refractivity contribution is 0.385. The highest BCUT2D eigenvalue weighted by Crippen LogP contribution is 2.21. The fourth-order valence-electron chi connectivity index (χ4n) is 1.28. The van der Waals surface area contributed by atoms with Crippen molar-refractivity contribution >= 4 is 10.0 Å². The zero-order valence-electron chi connectivity index (χ0n) is 10.5. The molecule has 0 saturated heterocycles. The summed E-state index contributed by atoms with van der Waals surface area (Å²) in [5.41, 5.74) is 4.65. The van der Waals surface area contributed by atoms with E-state index in [1.54, 1.807) is 13.8 Å². The van der Waals surface area contributed by atoms with Crippen LogP contribution in [0.2, 0.25) is 0 Å². The summed E-state index contributed by atoms with van der Waals surface area (Å²) in [6.07, 6.45) is 0. The van der Waals surface area contributed by atoms with Crippen molar-refractivity contribution in [3.63, 3.8) is 0 Å². The van der Waals surface area contributed by atoms with Crippen LogP contribution in [0.1, 0.15) is 13.8 Å². The molecule has 0 aliphatic rings. The first-order valence-corrected chi connectivity index (χ1v) is 6.78. The van der Waals surface area contributed by atoms with Crippen LogP contribution in [0.5, 0.6) is 5.75 Å². The summed E-state index contributed by atoms with van der Waals surface area (Å²) in [6.45, 7) is 3.42. The van der Waals surface area contributed by atoms with E-state index in [1.807, 2.05) is 0 Å². The largest absolute Gasteiger partial charge is 0.494 e. The van der Waals surface area contributed by atoms with Crippen LogP contribution < -0.4 is 15.2 Å². The number of ether oxygens (including phenoxy) is 1. The van der Waals surface area contributed by atoms with Crippen molar-refractivity contribution in [3.8, 4) is 5.75 Å². The Hall–Kier alpha value is -1.18. The molecule has 0 radical (unpaired) electrons. The summed E-state index contributed by atoms with van der Waals surface area (Å²) in [4.78, 5) is -0.165. The standard InChI is InChI=1S/C11H17FN2O3S/c1-11(2,7-13)14-18(15,16)8-4-5-10(17-3)9(12)6-8/h4-6,14H,7,13H2,1-3H3. The van der Waals surface area contributed by atoms with E-state index in [1.165, 1.54) is 19.2 Å². The van der Waals surface area contributed by atoms with Gasteiger partial charge in [0.25, 0.3) is 0 Å². The maximum atomic E-state index is 13.5. The molecule has 7 heteroatoms. The molecule has 102 valence electrons. The zero-order chi connectivity index (χ0) is 14.0. The smallest absolute Gasteiger partial charge is 0.241 e. The van der Waals surface area contributed by atoms with Crippen molar-refractivity contribution < 1.29 is 17.5 Å². The predicted octanol–water partition coefficient (Wildman–Crippen LogP) is 0.850. The normalized spacial score (nSPS) is 12.5. The molecule has 0 spiro atoms. The van der Waals surface area contributed by atoms with E-state index in [2.05, 4.69) is 4.72 Å². The molecule has 0 unspecified atom stereocenters. The third kappa shape index (κ3) is 3.41. The highest BCUT2D eigenvalue weighted by molar-refractivity contribution is 7.89. The molecule has 0 bridgehead atoms. The molecule has 1 rings (SSSR count). The zero-order valence-corrected chi connectivity index (χ0v) is 11.3. The summed E-state index contributed by atoms with van der Waals surface area (Å²) in [7, 11) is -2.50. The molecule has 0 aliphatic carbocycles. The van der Waals surface area contributed by atoms with Crippen molar-refractivity contribution in [1.29, 1.82) is 0 Å². The molecule has 0 atom stereocenters. The molecule has 1 aromatic carbocycles. The van der Waals surface area contributed by atoms with Crippen molar-refractivity contribution in [2.45, 2.75) is 24.3 Å². The van der Waals surface area contributed by atoms with Gasteiger partial charge < -0.3 is 10.5 Å². The molecule has 0 aliphatic heterocycles. The first-order chi connectivity index (χ1) is 8.22. The average molecular weight is 276 g/mol. The number of halogens is 1. The number of rotatable bonds is 5. The number of hydrogen-bond acceptors (Lipinski definition) is 4. The van der Waals surface area contributed by atoms with Gasteiger partial charge in [0.2, 0.25) is 10.0 Å². The monoisotopic (exact) mass is 276 g/mol. The minimum absolute atomic E-state index is 0.00737. The van der Waals surface area contributed by atoms with Crippen LogP contribution in [0.15, 0.2) is 23.1 Å². The lowest BCUT2D eigenvalue weighted by atomic mass is 10.1. The SMILES string of the molecule is COc1ccc(S(=O)(=O)NC(C)(C)CN)cc1F. The second-order valence-corrected chi connectivity index (χ2v) is 6.17. The molecule has 5 nitrogen and oxygen atoms in total. The number of benzene rings is 1. The first kappa shape index (κ1) is 14.9. The molecule has 0 saturated carbocycles. The van der Waals surface area contributed by atoms with Gasteiger partial charge in [-0.1, -0.05) is 0 Å². The van der Waals surface area contributed by atoms with Crippen LogP contribution in [0.4, 0.5) is 4.39 Å². The first-order valence-electron chi connectivity index (χ1n) is 5.29. The molecule has 0 aromatic heterocycles. The summed E-state index contributed by atoms with van der Waals surface area (Å²) < 4.78 is 44.5. The molecule has 3 N–H and O–H groups in total. The summed E-state index contributed by atoms with van der Waals surface area (Å²) >= 11 is 0.